The van der Waals surface area contributed by atoms with Crippen molar-refractivity contribution >= 4 is 15.9 Å². The van der Waals surface area contributed by atoms with E-state index in [1.54, 1.807) is 0 Å². The van der Waals surface area contributed by atoms with Gasteiger partial charge in [-0.1, -0.05) is 0 Å². The van der Waals surface area contributed by atoms with Crippen LogP contribution in [0.15, 0.2) is 10.9 Å². The molecule has 3 nitrogen and oxygen atoms in total. The molecule has 4 heteroatoms. The van der Waals surface area contributed by atoms with Crippen LogP contribution in [0.4, 0.5) is 0 Å². The van der Waals surface area contributed by atoms with Gasteiger partial charge in [0.25, 0.3) is 0 Å². The molecule has 0 bridgehead atoms. The second-order valence-corrected chi connectivity index (χ2v) is 4.36. The minimum atomic E-state index is 0.755. The maximum Gasteiger partial charge on any atom is 0.127 e. The molecule has 1 aliphatic heterocycles. The van der Waals surface area contributed by atoms with E-state index >= 15 is 0 Å². The Bertz CT molecular complexity index is 295. The first-order valence-electron chi connectivity index (χ1n) is 4.71. The van der Waals surface area contributed by atoms with Crippen molar-refractivity contribution in [1.82, 2.24) is 9.55 Å². The summed E-state index contributed by atoms with van der Waals surface area (Å²) >= 11 is 3.47. The van der Waals surface area contributed by atoms with Gasteiger partial charge < -0.3 is 10.3 Å². The fourth-order valence-electron chi connectivity index (χ4n) is 1.96. The molecule has 1 atom stereocenters. The summed E-state index contributed by atoms with van der Waals surface area (Å²) in [6.07, 6.45) is 5.42. The van der Waals surface area contributed by atoms with E-state index in [1.807, 2.05) is 6.33 Å². The van der Waals surface area contributed by atoms with Crippen LogP contribution >= 0.6 is 15.9 Å². The number of hydrogen-bond acceptors (Lipinski definition) is 2. The Morgan fingerprint density at radius 2 is 2.54 bits per heavy atom. The van der Waals surface area contributed by atoms with Crippen LogP contribution in [0.1, 0.15) is 18.5 Å². The van der Waals surface area contributed by atoms with Gasteiger partial charge in [0.05, 0.1) is 12.0 Å². The Morgan fingerprint density at radius 1 is 1.69 bits per heavy atom. The fourth-order valence-corrected chi connectivity index (χ4v) is 2.44. The van der Waals surface area contributed by atoms with Crippen LogP contribution in [0.2, 0.25) is 0 Å². The molecule has 2 rings (SSSR count). The number of aromatic nitrogens is 2. The molecule has 0 radical (unpaired) electrons. The molecule has 72 valence electrons. The van der Waals surface area contributed by atoms with Crippen molar-refractivity contribution in [3.8, 4) is 0 Å². The van der Waals surface area contributed by atoms with Gasteiger partial charge in [0.1, 0.15) is 4.60 Å². The Balaban J connectivity index is 2.13. The van der Waals surface area contributed by atoms with Crippen LogP contribution in [0.25, 0.3) is 0 Å². The molecule has 0 aliphatic carbocycles. The van der Waals surface area contributed by atoms with Crippen molar-refractivity contribution in [1.29, 1.82) is 0 Å². The molecule has 1 unspecified atom stereocenters. The SMILES string of the molecule is NCCC1CCn2cnc(Br)c2C1. The summed E-state index contributed by atoms with van der Waals surface area (Å²) in [5, 5.41) is 0. The van der Waals surface area contributed by atoms with Crippen molar-refractivity contribution in [3.63, 3.8) is 0 Å². The van der Waals surface area contributed by atoms with Gasteiger partial charge in [0, 0.05) is 6.54 Å². The molecule has 1 aromatic heterocycles. The average molecular weight is 244 g/mol. The number of nitrogens with two attached hydrogens (primary N) is 1. The van der Waals surface area contributed by atoms with Crippen LogP contribution in [0.5, 0.6) is 0 Å². The third kappa shape index (κ3) is 1.79. The van der Waals surface area contributed by atoms with Crippen molar-refractivity contribution in [2.24, 2.45) is 11.7 Å². The quantitative estimate of drug-likeness (QED) is 0.857. The maximum atomic E-state index is 5.56. The zero-order valence-electron chi connectivity index (χ0n) is 7.54. The van der Waals surface area contributed by atoms with Gasteiger partial charge in [-0.2, -0.15) is 0 Å². The summed E-state index contributed by atoms with van der Waals surface area (Å²) < 4.78 is 3.24. The Hall–Kier alpha value is -0.350. The van der Waals surface area contributed by atoms with Gasteiger partial charge in [-0.05, 0) is 47.7 Å². The normalized spacial score (nSPS) is 21.5. The lowest BCUT2D eigenvalue weighted by Crippen LogP contribution is -2.21. The Labute approximate surface area is 86.5 Å². The highest BCUT2D eigenvalue weighted by Crippen LogP contribution is 2.27. The van der Waals surface area contributed by atoms with Crippen molar-refractivity contribution in [3.05, 3.63) is 16.6 Å². The molecule has 0 fully saturated rings. The largest absolute Gasteiger partial charge is 0.333 e. The van der Waals surface area contributed by atoms with Gasteiger partial charge in [-0.15, -0.1) is 0 Å². The molecule has 13 heavy (non-hydrogen) atoms. The van der Waals surface area contributed by atoms with Crippen molar-refractivity contribution < 1.29 is 0 Å². The number of rotatable bonds is 2. The molecule has 1 aliphatic rings. The Morgan fingerprint density at radius 3 is 3.31 bits per heavy atom. The summed E-state index contributed by atoms with van der Waals surface area (Å²) in [6.45, 7) is 1.90. The first-order valence-corrected chi connectivity index (χ1v) is 5.50. The lowest BCUT2D eigenvalue weighted by Gasteiger charge is -2.23. The van der Waals surface area contributed by atoms with E-state index < -0.39 is 0 Å². The van der Waals surface area contributed by atoms with Crippen LogP contribution in [-0.4, -0.2) is 16.1 Å². The zero-order chi connectivity index (χ0) is 9.26. The molecule has 0 spiro atoms. The van der Waals surface area contributed by atoms with E-state index in [-0.39, 0.29) is 0 Å². The van der Waals surface area contributed by atoms with E-state index in [1.165, 1.54) is 12.1 Å². The van der Waals surface area contributed by atoms with Gasteiger partial charge in [0.2, 0.25) is 0 Å². The van der Waals surface area contributed by atoms with E-state index in [4.69, 9.17) is 5.73 Å². The molecule has 0 amide bonds. The summed E-state index contributed by atoms with van der Waals surface area (Å²) in [5.74, 6) is 0.755. The summed E-state index contributed by atoms with van der Waals surface area (Å²) in [4.78, 5) is 4.24. The molecule has 1 aromatic rings. The highest BCUT2D eigenvalue weighted by Gasteiger charge is 2.20. The number of hydrogen-bond donors (Lipinski definition) is 1. The van der Waals surface area contributed by atoms with Gasteiger partial charge in [0.15, 0.2) is 0 Å². The summed E-state index contributed by atoms with van der Waals surface area (Å²) in [7, 11) is 0. The molecule has 0 saturated carbocycles. The van der Waals surface area contributed by atoms with Crippen LogP contribution in [0.3, 0.4) is 0 Å². The summed E-state index contributed by atoms with van der Waals surface area (Å²) in [6, 6.07) is 0. The average Bonchev–Trinajstić information content (AvgIpc) is 2.49. The molecule has 0 saturated heterocycles. The Kier molecular flexibility index (Phi) is 2.69. The smallest absolute Gasteiger partial charge is 0.127 e. The highest BCUT2D eigenvalue weighted by molar-refractivity contribution is 9.10. The van der Waals surface area contributed by atoms with Gasteiger partial charge >= 0.3 is 0 Å². The molecular formula is C9H14BrN3. The zero-order valence-corrected chi connectivity index (χ0v) is 9.13. The monoisotopic (exact) mass is 243 g/mol. The molecule has 0 aromatic carbocycles. The van der Waals surface area contributed by atoms with Crippen LogP contribution in [0, 0.1) is 5.92 Å². The van der Waals surface area contributed by atoms with Crippen molar-refractivity contribution in [2.75, 3.05) is 6.54 Å². The lowest BCUT2D eigenvalue weighted by molar-refractivity contribution is 0.370. The number of halogens is 1. The number of nitrogens with zero attached hydrogens (tertiary/aromatic N) is 2. The number of fused-ring (bicyclic) bond motifs is 1. The standard InChI is InChI=1S/C9H14BrN3/c10-9-8-5-7(1-3-11)2-4-13(8)6-12-9/h6-7H,1-5,11H2. The van der Waals surface area contributed by atoms with Crippen LogP contribution < -0.4 is 5.73 Å². The van der Waals surface area contributed by atoms with E-state index in [2.05, 4.69) is 25.5 Å². The van der Waals surface area contributed by atoms with Crippen molar-refractivity contribution in [2.45, 2.75) is 25.8 Å². The first kappa shape index (κ1) is 9.21. The van der Waals surface area contributed by atoms with E-state index in [0.717, 1.165) is 36.5 Å². The second kappa shape index (κ2) is 3.80. The topological polar surface area (TPSA) is 43.8 Å². The molecule has 2 N–H and O–H groups in total. The third-order valence-electron chi connectivity index (χ3n) is 2.73. The predicted molar refractivity (Wildman–Crippen MR) is 55.4 cm³/mol. The predicted octanol–water partition coefficient (Wildman–Crippen LogP) is 1.56. The first-order chi connectivity index (χ1) is 6.31. The second-order valence-electron chi connectivity index (χ2n) is 3.61. The molecule has 2 heterocycles. The summed E-state index contributed by atoms with van der Waals surface area (Å²) in [5.41, 5.74) is 6.90. The maximum absolute atomic E-state index is 5.56. The number of aryl methyl sites for hydroxylation is 1. The van der Waals surface area contributed by atoms with Gasteiger partial charge in [-0.3, -0.25) is 0 Å². The number of imidazole rings is 1. The minimum absolute atomic E-state index is 0.755. The van der Waals surface area contributed by atoms with Gasteiger partial charge in [-0.25, -0.2) is 4.98 Å². The molecular weight excluding hydrogens is 230 g/mol. The van der Waals surface area contributed by atoms with E-state index in [0.29, 0.717) is 0 Å². The van der Waals surface area contributed by atoms with E-state index in [9.17, 15) is 0 Å². The lowest BCUT2D eigenvalue weighted by atomic mass is 9.93. The fraction of sp³-hybridized carbons (Fsp3) is 0.667. The third-order valence-corrected chi connectivity index (χ3v) is 3.39. The van der Waals surface area contributed by atoms with Crippen LogP contribution in [-0.2, 0) is 13.0 Å². The highest BCUT2D eigenvalue weighted by atomic mass is 79.9. The minimum Gasteiger partial charge on any atom is -0.333 e.